The number of ether oxygens (including phenoxy) is 2. The zero-order valence-corrected chi connectivity index (χ0v) is 27.6. The predicted molar refractivity (Wildman–Crippen MR) is 185 cm³/mol. The van der Waals surface area contributed by atoms with Crippen molar-refractivity contribution in [1.82, 2.24) is 10.9 Å². The summed E-state index contributed by atoms with van der Waals surface area (Å²) in [5, 5.41) is 10.7. The molecule has 5 rings (SSSR count). The molecule has 1 heterocycles. The molecular formula is C35H31Cl4N3O4. The molecule has 0 radical (unpaired) electrons. The highest BCUT2D eigenvalue weighted by Crippen LogP contribution is 2.45. The molecule has 0 unspecified atom stereocenters. The first-order valence-electron chi connectivity index (χ1n) is 14.5. The van der Waals surface area contributed by atoms with Gasteiger partial charge in [0, 0.05) is 47.2 Å². The number of carbonyl (C=O) groups is 1. The molecule has 3 N–H and O–H groups in total. The molecule has 0 fully saturated rings. The van der Waals surface area contributed by atoms with Crippen LogP contribution in [-0.4, -0.2) is 35.7 Å². The number of aliphatic hydroxyl groups excluding tert-OH is 1. The summed E-state index contributed by atoms with van der Waals surface area (Å²) >= 11 is 25.2. The maximum atomic E-state index is 14.3. The zero-order valence-electron chi connectivity index (χ0n) is 24.6. The molecule has 1 aliphatic rings. The van der Waals surface area contributed by atoms with Crippen molar-refractivity contribution in [1.29, 1.82) is 0 Å². The normalized spacial score (nSPS) is 17.5. The zero-order chi connectivity index (χ0) is 32.5. The van der Waals surface area contributed by atoms with Gasteiger partial charge in [-0.05, 0) is 59.7 Å². The Morgan fingerprint density at radius 3 is 2.43 bits per heavy atom. The van der Waals surface area contributed by atoms with Crippen molar-refractivity contribution < 1.29 is 19.4 Å². The first-order chi connectivity index (χ1) is 22.3. The number of carbonyl (C=O) groups excluding carboxylic acids is 1. The Morgan fingerprint density at radius 1 is 0.935 bits per heavy atom. The number of hydrogen-bond acceptors (Lipinski definition) is 6. The van der Waals surface area contributed by atoms with Crippen molar-refractivity contribution >= 4 is 64.3 Å². The van der Waals surface area contributed by atoms with E-state index in [1.807, 2.05) is 60.7 Å². The Hall–Kier alpha value is -3.56. The third-order valence-corrected chi connectivity index (χ3v) is 8.59. The van der Waals surface area contributed by atoms with Gasteiger partial charge in [0.05, 0.1) is 16.7 Å². The van der Waals surface area contributed by atoms with Crippen molar-refractivity contribution in [2.24, 2.45) is 4.99 Å². The number of rotatable bonds is 13. The van der Waals surface area contributed by atoms with Crippen molar-refractivity contribution in [2.45, 2.75) is 31.0 Å². The van der Waals surface area contributed by atoms with Crippen LogP contribution in [-0.2, 0) is 16.1 Å². The highest BCUT2D eigenvalue weighted by molar-refractivity contribution is 6.42. The number of halogens is 4. The molecule has 0 saturated carbocycles. The smallest absolute Gasteiger partial charge is 0.266 e. The van der Waals surface area contributed by atoms with Crippen LogP contribution in [0.4, 0.5) is 0 Å². The first-order valence-corrected chi connectivity index (χ1v) is 16.0. The van der Waals surface area contributed by atoms with E-state index < -0.39 is 17.6 Å². The number of hydrogen-bond donors (Lipinski definition) is 3. The van der Waals surface area contributed by atoms with Crippen molar-refractivity contribution in [2.75, 3.05) is 13.2 Å². The molecule has 11 heteroatoms. The van der Waals surface area contributed by atoms with Crippen LogP contribution in [0, 0.1) is 0 Å². The van der Waals surface area contributed by atoms with Crippen LogP contribution in [0.15, 0.2) is 102 Å². The van der Waals surface area contributed by atoms with Gasteiger partial charge < -0.3 is 14.6 Å². The van der Waals surface area contributed by atoms with E-state index in [4.69, 9.17) is 66.0 Å². The molecule has 2 atom stereocenters. The number of nitrogens with one attached hydrogen (secondary N) is 2. The minimum Gasteiger partial charge on any atom is -0.494 e. The van der Waals surface area contributed by atoms with E-state index in [0.717, 1.165) is 11.1 Å². The van der Waals surface area contributed by atoms with E-state index in [9.17, 15) is 4.79 Å². The van der Waals surface area contributed by atoms with E-state index in [2.05, 4.69) is 10.9 Å². The predicted octanol–water partition coefficient (Wildman–Crippen LogP) is 8.24. The van der Waals surface area contributed by atoms with Gasteiger partial charge in [0.1, 0.15) is 5.75 Å². The topological polar surface area (TPSA) is 92.2 Å². The molecule has 1 aliphatic heterocycles. The summed E-state index contributed by atoms with van der Waals surface area (Å²) in [6, 6.07) is 27.3. The minimum absolute atomic E-state index is 0.0442. The second-order valence-electron chi connectivity index (χ2n) is 10.5. The lowest BCUT2D eigenvalue weighted by Gasteiger charge is -2.30. The second kappa shape index (κ2) is 15.8. The Bertz CT molecular complexity index is 1720. The van der Waals surface area contributed by atoms with Gasteiger partial charge in [-0.2, -0.15) is 0 Å². The number of hydrazine groups is 1. The third-order valence-electron chi connectivity index (χ3n) is 7.29. The van der Waals surface area contributed by atoms with Gasteiger partial charge in [-0.1, -0.05) is 101 Å². The number of aliphatic hydroxyl groups is 1. The maximum Gasteiger partial charge on any atom is 0.266 e. The highest BCUT2D eigenvalue weighted by Gasteiger charge is 2.53. The Balaban J connectivity index is 1.51. The van der Waals surface area contributed by atoms with Crippen LogP contribution in [0.1, 0.15) is 41.2 Å². The van der Waals surface area contributed by atoms with Crippen LogP contribution < -0.4 is 15.6 Å². The summed E-state index contributed by atoms with van der Waals surface area (Å²) in [6.45, 7) is 0.708. The molecule has 4 aromatic carbocycles. The van der Waals surface area contributed by atoms with Crippen LogP contribution in [0.3, 0.4) is 0 Å². The molecule has 4 aromatic rings. The lowest BCUT2D eigenvalue weighted by Crippen LogP contribution is -2.52. The van der Waals surface area contributed by atoms with Crippen LogP contribution in [0.5, 0.6) is 5.75 Å². The monoisotopic (exact) mass is 697 g/mol. The van der Waals surface area contributed by atoms with Crippen LogP contribution in [0.2, 0.25) is 20.1 Å². The van der Waals surface area contributed by atoms with Crippen molar-refractivity contribution in [3.63, 3.8) is 0 Å². The van der Waals surface area contributed by atoms with Gasteiger partial charge >= 0.3 is 0 Å². The quantitative estimate of drug-likeness (QED) is 0.0967. The van der Waals surface area contributed by atoms with Crippen molar-refractivity contribution in [3.8, 4) is 5.75 Å². The fourth-order valence-corrected chi connectivity index (χ4v) is 5.76. The van der Waals surface area contributed by atoms with E-state index >= 15 is 0 Å². The molecule has 0 bridgehead atoms. The number of nitrogens with zero attached hydrogens (tertiary/aromatic N) is 1. The molecule has 0 aliphatic carbocycles. The summed E-state index contributed by atoms with van der Waals surface area (Å²) < 4.78 is 12.2. The maximum absolute atomic E-state index is 14.3. The molecule has 238 valence electrons. The first kappa shape index (κ1) is 33.8. The number of benzene rings is 4. The largest absolute Gasteiger partial charge is 0.494 e. The van der Waals surface area contributed by atoms with Crippen LogP contribution in [0.25, 0.3) is 6.08 Å². The summed E-state index contributed by atoms with van der Waals surface area (Å²) in [4.78, 5) is 19.3. The van der Waals surface area contributed by atoms with Gasteiger partial charge in [0.2, 0.25) is 5.90 Å². The van der Waals surface area contributed by atoms with E-state index in [-0.39, 0.29) is 25.5 Å². The molecule has 0 spiro atoms. The van der Waals surface area contributed by atoms with Gasteiger partial charge in [-0.3, -0.25) is 10.2 Å². The number of aliphatic imine (C=N–C) groups is 1. The molecule has 7 nitrogen and oxygen atoms in total. The Kier molecular flexibility index (Phi) is 11.6. The fraction of sp³-hybridized carbons (Fsp3) is 0.200. The van der Waals surface area contributed by atoms with Gasteiger partial charge in [0.15, 0.2) is 11.6 Å². The Labute approximate surface area is 287 Å². The molecule has 0 aromatic heterocycles. The summed E-state index contributed by atoms with van der Waals surface area (Å²) in [7, 11) is 0. The van der Waals surface area contributed by atoms with E-state index in [1.165, 1.54) is 0 Å². The molecule has 0 saturated heterocycles. The lowest BCUT2D eigenvalue weighted by molar-refractivity contribution is -0.129. The summed E-state index contributed by atoms with van der Waals surface area (Å²) in [5.74, 6) is 0.473. The molecule has 46 heavy (non-hydrogen) atoms. The van der Waals surface area contributed by atoms with Crippen LogP contribution >= 0.6 is 46.4 Å². The molecular weight excluding hydrogens is 668 g/mol. The standard InChI is InChI=1S/C35H31Cl4N3O4/c36-26-12-15-28(30(38)21-26)32-35(17-4-8-23-6-2-1-3-7-23,34(44)42-40-22-24-9-16-29(37)31(39)20-24)41-33(46-32)25-10-13-27(14-11-25)45-19-5-18-43/h1-4,6-16,20-21,32,40,43H,5,17-19,22H2,(H,42,44)/b8-4+/t32-,35-/m0/s1. The van der Waals surface area contributed by atoms with E-state index in [1.54, 1.807) is 42.5 Å². The van der Waals surface area contributed by atoms with Crippen molar-refractivity contribution in [3.05, 3.63) is 139 Å². The highest BCUT2D eigenvalue weighted by atomic mass is 35.5. The number of amides is 1. The third kappa shape index (κ3) is 8.23. The summed E-state index contributed by atoms with van der Waals surface area (Å²) in [6.07, 6.45) is 3.63. The lowest BCUT2D eigenvalue weighted by atomic mass is 9.84. The Morgan fingerprint density at radius 2 is 1.72 bits per heavy atom. The van der Waals surface area contributed by atoms with Gasteiger partial charge in [-0.15, -0.1) is 0 Å². The summed E-state index contributed by atoms with van der Waals surface area (Å²) in [5.41, 5.74) is 7.36. The fourth-order valence-electron chi connectivity index (χ4n) is 4.93. The average molecular weight is 699 g/mol. The van der Waals surface area contributed by atoms with E-state index in [0.29, 0.717) is 50.0 Å². The second-order valence-corrected chi connectivity index (χ2v) is 12.2. The van der Waals surface area contributed by atoms with Gasteiger partial charge in [-0.25, -0.2) is 10.4 Å². The minimum atomic E-state index is -1.47. The SMILES string of the molecule is O=C(NNCc1ccc(Cl)c(Cl)c1)[C@@]1(C/C=C/c2ccccc2)N=C(c2ccc(OCCCO)cc2)O[C@H]1c1ccc(Cl)cc1Cl. The average Bonchev–Trinajstić information content (AvgIpc) is 3.44. The molecule has 1 amide bonds. The van der Waals surface area contributed by atoms with Gasteiger partial charge in [0.25, 0.3) is 5.91 Å².